The minimum atomic E-state index is -0.667. The van der Waals surface area contributed by atoms with Gasteiger partial charge < -0.3 is 10.4 Å². The van der Waals surface area contributed by atoms with E-state index in [0.29, 0.717) is 23.1 Å². The van der Waals surface area contributed by atoms with Crippen molar-refractivity contribution in [3.8, 4) is 5.75 Å². The van der Waals surface area contributed by atoms with Crippen LogP contribution in [0.25, 0.3) is 0 Å². The second-order valence-corrected chi connectivity index (χ2v) is 9.61. The van der Waals surface area contributed by atoms with Crippen molar-refractivity contribution in [3.05, 3.63) is 59.2 Å². The minimum Gasteiger partial charge on any atom is -0.505 e. The summed E-state index contributed by atoms with van der Waals surface area (Å²) >= 11 is 0. The quantitative estimate of drug-likeness (QED) is 0.581. The Kier molecular flexibility index (Phi) is 4.88. The van der Waals surface area contributed by atoms with Crippen LogP contribution in [0.5, 0.6) is 5.75 Å². The van der Waals surface area contributed by atoms with Gasteiger partial charge in [0.15, 0.2) is 0 Å². The predicted octanol–water partition coefficient (Wildman–Crippen LogP) is 5.59. The number of imide groups is 1. The number of fused-ring (bicyclic) bond motifs is 2. The normalized spacial score (nSPS) is 26.4. The van der Waals surface area contributed by atoms with E-state index in [1.165, 1.54) is 12.8 Å². The topological polar surface area (TPSA) is 78.4 Å². The summed E-state index contributed by atoms with van der Waals surface area (Å²) in [6.07, 6.45) is 3.63. The van der Waals surface area contributed by atoms with E-state index in [2.05, 4.69) is 31.4 Å². The Morgan fingerprint density at radius 2 is 1.77 bits per heavy atom. The van der Waals surface area contributed by atoms with Crippen molar-refractivity contribution in [2.24, 2.45) is 16.7 Å². The van der Waals surface area contributed by atoms with E-state index in [1.54, 1.807) is 36.4 Å². The highest BCUT2D eigenvalue weighted by Crippen LogP contribution is 2.71. The van der Waals surface area contributed by atoms with Crippen molar-refractivity contribution in [3.63, 3.8) is 0 Å². The second kappa shape index (κ2) is 7.15. The maximum atomic E-state index is 12.3. The van der Waals surface area contributed by atoms with E-state index in [0.717, 1.165) is 17.5 Å². The average molecular weight is 407 g/mol. The monoisotopic (exact) mass is 406 g/mol. The molecule has 2 aromatic carbocycles. The summed E-state index contributed by atoms with van der Waals surface area (Å²) in [7, 11) is 0. The molecule has 5 nitrogen and oxygen atoms in total. The van der Waals surface area contributed by atoms with Crippen LogP contribution < -0.4 is 10.6 Å². The first-order valence-electron chi connectivity index (χ1n) is 10.6. The van der Waals surface area contributed by atoms with Crippen LogP contribution in [0.15, 0.2) is 42.5 Å². The Labute approximate surface area is 177 Å². The third kappa shape index (κ3) is 3.08. The predicted molar refractivity (Wildman–Crippen MR) is 118 cm³/mol. The highest BCUT2D eigenvalue weighted by molar-refractivity contribution is 6.08. The number of anilines is 1. The zero-order chi connectivity index (χ0) is 21.7. The number of hydrogen-bond donors (Lipinski definition) is 3. The van der Waals surface area contributed by atoms with Gasteiger partial charge in [0.2, 0.25) is 0 Å². The van der Waals surface area contributed by atoms with Gasteiger partial charge in [-0.3, -0.25) is 10.1 Å². The van der Waals surface area contributed by atoms with Crippen LogP contribution in [0.3, 0.4) is 0 Å². The van der Waals surface area contributed by atoms with Gasteiger partial charge in [0.05, 0.1) is 5.69 Å². The number of carbonyl (C=O) groups is 2. The third-order valence-electron chi connectivity index (χ3n) is 8.15. The number of carbonyl (C=O) groups excluding carboxylic acids is 2. The minimum absolute atomic E-state index is 0.0685. The van der Waals surface area contributed by atoms with E-state index < -0.39 is 11.9 Å². The fourth-order valence-electron chi connectivity index (χ4n) is 5.79. The molecule has 3 N–H and O–H groups in total. The highest BCUT2D eigenvalue weighted by Gasteiger charge is 2.61. The molecule has 0 aliphatic heterocycles. The summed E-state index contributed by atoms with van der Waals surface area (Å²) in [6, 6.07) is 11.6. The molecule has 5 heteroatoms. The number of hydrogen-bond acceptors (Lipinski definition) is 3. The maximum absolute atomic E-state index is 12.3. The number of aromatic hydroxyl groups is 1. The zero-order valence-corrected chi connectivity index (χ0v) is 18.1. The van der Waals surface area contributed by atoms with Gasteiger partial charge in [-0.1, -0.05) is 45.0 Å². The summed E-state index contributed by atoms with van der Waals surface area (Å²) in [6.45, 7) is 9.05. The highest BCUT2D eigenvalue weighted by atomic mass is 16.3. The van der Waals surface area contributed by atoms with Gasteiger partial charge >= 0.3 is 6.03 Å². The number of nitrogens with one attached hydrogen (secondary N) is 2. The molecule has 3 unspecified atom stereocenters. The SMILES string of the molecule is Cc1c(C2CC3CCC2(C)C3(C)C)ccc(NC(=O)NC(=O)c2ccccc2)c1O. The summed E-state index contributed by atoms with van der Waals surface area (Å²) in [5.74, 6) is 0.693. The standard InChI is InChI=1S/C25H30N2O3/c1-15-18(19-14-17-12-13-25(19,4)24(17,2)3)10-11-20(21(15)28)26-23(30)27-22(29)16-8-6-5-7-9-16/h5-11,17,19,28H,12-14H2,1-4H3,(H2,26,27,29,30). The van der Waals surface area contributed by atoms with Gasteiger partial charge in [0, 0.05) is 5.56 Å². The molecule has 2 aromatic rings. The van der Waals surface area contributed by atoms with Crippen molar-refractivity contribution in [2.45, 2.75) is 52.9 Å². The zero-order valence-electron chi connectivity index (χ0n) is 18.1. The smallest absolute Gasteiger partial charge is 0.326 e. The Balaban J connectivity index is 1.51. The fourth-order valence-corrected chi connectivity index (χ4v) is 5.79. The maximum Gasteiger partial charge on any atom is 0.326 e. The first-order chi connectivity index (χ1) is 14.1. The molecular weight excluding hydrogens is 376 g/mol. The molecular formula is C25H30N2O3. The third-order valence-corrected chi connectivity index (χ3v) is 8.15. The number of phenolic OH excluding ortho intramolecular Hbond substituents is 1. The molecule has 158 valence electrons. The molecule has 2 saturated carbocycles. The van der Waals surface area contributed by atoms with E-state index in [4.69, 9.17) is 0 Å². The molecule has 0 saturated heterocycles. The largest absolute Gasteiger partial charge is 0.505 e. The Hall–Kier alpha value is -2.82. The molecule has 2 fully saturated rings. The number of benzene rings is 2. The number of phenols is 1. The van der Waals surface area contributed by atoms with Crippen molar-refractivity contribution >= 4 is 17.6 Å². The summed E-state index contributed by atoms with van der Waals surface area (Å²) in [4.78, 5) is 24.4. The van der Waals surface area contributed by atoms with Crippen molar-refractivity contribution in [1.29, 1.82) is 0 Å². The first-order valence-corrected chi connectivity index (χ1v) is 10.6. The number of rotatable bonds is 3. The first kappa shape index (κ1) is 20.5. The van der Waals surface area contributed by atoms with Gasteiger partial charge in [-0.2, -0.15) is 0 Å². The lowest BCUT2D eigenvalue weighted by Gasteiger charge is -2.40. The molecule has 2 bridgehead atoms. The lowest BCUT2D eigenvalue weighted by atomic mass is 9.64. The molecule has 0 heterocycles. The van der Waals surface area contributed by atoms with Crippen LogP contribution in [-0.2, 0) is 0 Å². The molecule has 3 amide bonds. The van der Waals surface area contributed by atoms with Gasteiger partial charge in [-0.05, 0) is 78.2 Å². The summed E-state index contributed by atoms with van der Waals surface area (Å²) in [5, 5.41) is 15.7. The number of amides is 3. The van der Waals surface area contributed by atoms with E-state index in [1.807, 2.05) is 13.0 Å². The van der Waals surface area contributed by atoms with Crippen LogP contribution in [0.4, 0.5) is 10.5 Å². The molecule has 3 atom stereocenters. The molecule has 0 aromatic heterocycles. The molecule has 2 aliphatic carbocycles. The van der Waals surface area contributed by atoms with Crippen LogP contribution in [0.2, 0.25) is 0 Å². The van der Waals surface area contributed by atoms with E-state index in [9.17, 15) is 14.7 Å². The molecule has 2 aliphatic rings. The summed E-state index contributed by atoms with van der Waals surface area (Å²) in [5.41, 5.74) is 3.17. The summed E-state index contributed by atoms with van der Waals surface area (Å²) < 4.78 is 0. The fraction of sp³-hybridized carbons (Fsp3) is 0.440. The van der Waals surface area contributed by atoms with Crippen LogP contribution in [0, 0.1) is 23.7 Å². The Morgan fingerprint density at radius 1 is 1.07 bits per heavy atom. The van der Waals surface area contributed by atoms with E-state index in [-0.39, 0.29) is 16.6 Å². The van der Waals surface area contributed by atoms with Crippen molar-refractivity contribution in [2.75, 3.05) is 5.32 Å². The van der Waals surface area contributed by atoms with Crippen LogP contribution >= 0.6 is 0 Å². The van der Waals surface area contributed by atoms with Crippen molar-refractivity contribution < 1.29 is 14.7 Å². The second-order valence-electron chi connectivity index (χ2n) is 9.61. The van der Waals surface area contributed by atoms with Gasteiger partial charge in [-0.15, -0.1) is 0 Å². The van der Waals surface area contributed by atoms with Gasteiger partial charge in [0.1, 0.15) is 5.75 Å². The van der Waals surface area contributed by atoms with Crippen molar-refractivity contribution in [1.82, 2.24) is 5.32 Å². The lowest BCUT2D eigenvalue weighted by molar-refractivity contribution is 0.0967. The molecule has 30 heavy (non-hydrogen) atoms. The molecule has 0 spiro atoms. The van der Waals surface area contributed by atoms with Gasteiger partial charge in [-0.25, -0.2) is 4.79 Å². The average Bonchev–Trinajstić information content (AvgIpc) is 3.06. The molecule has 4 rings (SSSR count). The molecule has 0 radical (unpaired) electrons. The number of urea groups is 1. The van der Waals surface area contributed by atoms with Crippen LogP contribution in [0.1, 0.15) is 67.4 Å². The van der Waals surface area contributed by atoms with Crippen LogP contribution in [-0.4, -0.2) is 17.0 Å². The Morgan fingerprint density at radius 3 is 2.37 bits per heavy atom. The van der Waals surface area contributed by atoms with E-state index >= 15 is 0 Å². The lowest BCUT2D eigenvalue weighted by Crippen LogP contribution is -2.34. The Bertz CT molecular complexity index is 999. The van der Waals surface area contributed by atoms with Gasteiger partial charge in [0.25, 0.3) is 5.91 Å².